The van der Waals surface area contributed by atoms with Crippen LogP contribution in [0.5, 0.6) is 11.5 Å². The van der Waals surface area contributed by atoms with Crippen molar-refractivity contribution in [2.24, 2.45) is 0 Å². The largest absolute Gasteiger partial charge is 0.507 e. The SMILES string of the molecule is CCOc1ccc(/C(O)=C2/C(=O)C(=O)N(CCOC)C2c2ccc(O)c(Cl)c2)cc1. The Balaban J connectivity index is 2.12. The molecule has 1 saturated heterocycles. The number of amides is 1. The minimum absolute atomic E-state index is 0.0537. The second-order valence-electron chi connectivity index (χ2n) is 6.65. The number of phenols is 1. The van der Waals surface area contributed by atoms with Crippen molar-refractivity contribution in [3.05, 3.63) is 64.2 Å². The van der Waals surface area contributed by atoms with E-state index < -0.39 is 17.7 Å². The number of hydrogen-bond donors (Lipinski definition) is 2. The number of aromatic hydroxyl groups is 1. The summed E-state index contributed by atoms with van der Waals surface area (Å²) in [5.41, 5.74) is 0.806. The van der Waals surface area contributed by atoms with Crippen LogP contribution in [-0.2, 0) is 14.3 Å². The van der Waals surface area contributed by atoms with Crippen LogP contribution in [0.1, 0.15) is 24.1 Å². The molecule has 0 aromatic heterocycles. The molecule has 0 bridgehead atoms. The summed E-state index contributed by atoms with van der Waals surface area (Å²) in [6.07, 6.45) is 0. The Kier molecular flexibility index (Phi) is 6.64. The molecule has 0 spiro atoms. The Hall–Kier alpha value is -3.03. The molecule has 1 aliphatic rings. The van der Waals surface area contributed by atoms with E-state index in [-0.39, 0.29) is 35.3 Å². The van der Waals surface area contributed by atoms with E-state index in [1.807, 2.05) is 6.92 Å². The normalized spacial score (nSPS) is 18.1. The fraction of sp³-hybridized carbons (Fsp3) is 0.273. The molecule has 0 radical (unpaired) electrons. The maximum atomic E-state index is 12.8. The number of methoxy groups -OCH3 is 1. The molecule has 1 aliphatic heterocycles. The molecule has 2 aromatic rings. The van der Waals surface area contributed by atoms with Gasteiger partial charge >= 0.3 is 0 Å². The molecule has 158 valence electrons. The summed E-state index contributed by atoms with van der Waals surface area (Å²) >= 11 is 6.05. The number of rotatable bonds is 7. The van der Waals surface area contributed by atoms with Gasteiger partial charge in [0.05, 0.1) is 29.9 Å². The van der Waals surface area contributed by atoms with Crippen LogP contribution in [0, 0.1) is 0 Å². The minimum Gasteiger partial charge on any atom is -0.507 e. The summed E-state index contributed by atoms with van der Waals surface area (Å²) in [5, 5.41) is 20.8. The van der Waals surface area contributed by atoms with Crippen LogP contribution in [0.15, 0.2) is 48.0 Å². The zero-order valence-electron chi connectivity index (χ0n) is 16.6. The van der Waals surface area contributed by atoms with E-state index in [1.54, 1.807) is 30.3 Å². The number of likely N-dealkylation sites (tertiary alicyclic amines) is 1. The van der Waals surface area contributed by atoms with Crippen molar-refractivity contribution in [2.75, 3.05) is 26.9 Å². The van der Waals surface area contributed by atoms with E-state index in [1.165, 1.54) is 24.1 Å². The molecule has 1 fully saturated rings. The summed E-state index contributed by atoms with van der Waals surface area (Å²) in [7, 11) is 1.49. The Morgan fingerprint density at radius 1 is 1.17 bits per heavy atom. The number of phenolic OH excluding ortho intramolecular Hbond substituents is 1. The first-order chi connectivity index (χ1) is 14.4. The number of halogens is 1. The lowest BCUT2D eigenvalue weighted by Crippen LogP contribution is -2.32. The highest BCUT2D eigenvalue weighted by molar-refractivity contribution is 6.46. The molecular weight excluding hydrogens is 410 g/mol. The number of ketones is 1. The molecular formula is C22H22ClNO6. The summed E-state index contributed by atoms with van der Waals surface area (Å²) < 4.78 is 10.5. The van der Waals surface area contributed by atoms with Crippen molar-refractivity contribution in [1.82, 2.24) is 4.90 Å². The molecule has 2 N–H and O–H groups in total. The second kappa shape index (κ2) is 9.19. The van der Waals surface area contributed by atoms with Gasteiger partial charge in [0.2, 0.25) is 0 Å². The molecule has 0 aliphatic carbocycles. The van der Waals surface area contributed by atoms with Crippen molar-refractivity contribution in [2.45, 2.75) is 13.0 Å². The van der Waals surface area contributed by atoms with Crippen LogP contribution in [0.3, 0.4) is 0 Å². The van der Waals surface area contributed by atoms with Gasteiger partial charge in [0.1, 0.15) is 17.3 Å². The van der Waals surface area contributed by atoms with Crippen LogP contribution in [0.2, 0.25) is 5.02 Å². The van der Waals surface area contributed by atoms with Gasteiger partial charge < -0.3 is 24.6 Å². The van der Waals surface area contributed by atoms with Crippen LogP contribution in [-0.4, -0.2) is 53.7 Å². The highest BCUT2D eigenvalue weighted by Crippen LogP contribution is 2.41. The Bertz CT molecular complexity index is 986. The maximum absolute atomic E-state index is 12.8. The van der Waals surface area contributed by atoms with Crippen molar-refractivity contribution in [3.63, 3.8) is 0 Å². The number of ether oxygens (including phenoxy) is 2. The first-order valence-electron chi connectivity index (χ1n) is 9.38. The number of carbonyl (C=O) groups excluding carboxylic acids is 2. The van der Waals surface area contributed by atoms with Crippen molar-refractivity contribution < 1.29 is 29.3 Å². The van der Waals surface area contributed by atoms with Gasteiger partial charge in [0.15, 0.2) is 0 Å². The van der Waals surface area contributed by atoms with Gasteiger partial charge in [0, 0.05) is 19.2 Å². The smallest absolute Gasteiger partial charge is 0.295 e. The van der Waals surface area contributed by atoms with Crippen LogP contribution in [0.4, 0.5) is 0 Å². The highest BCUT2D eigenvalue weighted by Gasteiger charge is 2.46. The zero-order valence-corrected chi connectivity index (χ0v) is 17.3. The van der Waals surface area contributed by atoms with E-state index >= 15 is 0 Å². The molecule has 1 heterocycles. The fourth-order valence-corrected chi connectivity index (χ4v) is 3.56. The molecule has 7 nitrogen and oxygen atoms in total. The van der Waals surface area contributed by atoms with Crippen molar-refractivity contribution in [1.29, 1.82) is 0 Å². The number of aliphatic hydroxyl groups excluding tert-OH is 1. The lowest BCUT2D eigenvalue weighted by atomic mass is 9.95. The third-order valence-electron chi connectivity index (χ3n) is 4.80. The predicted molar refractivity (Wildman–Crippen MR) is 112 cm³/mol. The fourth-order valence-electron chi connectivity index (χ4n) is 3.37. The maximum Gasteiger partial charge on any atom is 0.295 e. The lowest BCUT2D eigenvalue weighted by Gasteiger charge is -2.25. The number of benzene rings is 2. The van der Waals surface area contributed by atoms with E-state index in [0.29, 0.717) is 23.5 Å². The summed E-state index contributed by atoms with van der Waals surface area (Å²) in [5.74, 6) is -1.34. The molecule has 30 heavy (non-hydrogen) atoms. The summed E-state index contributed by atoms with van der Waals surface area (Å²) in [6.45, 7) is 2.71. The van der Waals surface area contributed by atoms with Gasteiger partial charge in [-0.3, -0.25) is 9.59 Å². The number of nitrogens with zero attached hydrogens (tertiary/aromatic N) is 1. The van der Waals surface area contributed by atoms with Gasteiger partial charge in [-0.25, -0.2) is 0 Å². The topological polar surface area (TPSA) is 96.3 Å². The highest BCUT2D eigenvalue weighted by atomic mass is 35.5. The van der Waals surface area contributed by atoms with Gasteiger partial charge in [-0.15, -0.1) is 0 Å². The molecule has 8 heteroatoms. The van der Waals surface area contributed by atoms with E-state index in [0.717, 1.165) is 0 Å². The standard InChI is InChI=1S/C22H22ClNO6/c1-3-30-15-7-4-13(5-8-15)20(26)18-19(14-6-9-17(25)16(23)12-14)24(10-11-29-2)22(28)21(18)27/h4-9,12,19,25-26H,3,10-11H2,1-2H3/b20-18-. The van der Waals surface area contributed by atoms with E-state index in [4.69, 9.17) is 21.1 Å². The molecule has 1 unspecified atom stereocenters. The number of hydrogen-bond acceptors (Lipinski definition) is 6. The third kappa shape index (κ3) is 4.13. The van der Waals surface area contributed by atoms with Crippen LogP contribution in [0.25, 0.3) is 5.76 Å². The summed E-state index contributed by atoms with van der Waals surface area (Å²) in [6, 6.07) is 10.1. The monoisotopic (exact) mass is 431 g/mol. The van der Waals surface area contributed by atoms with E-state index in [9.17, 15) is 19.8 Å². The predicted octanol–water partition coefficient (Wildman–Crippen LogP) is 3.51. The lowest BCUT2D eigenvalue weighted by molar-refractivity contribution is -0.140. The van der Waals surface area contributed by atoms with Crippen molar-refractivity contribution >= 4 is 29.1 Å². The molecule has 3 rings (SSSR count). The number of Topliss-reactive ketones (excluding diaryl/α,β-unsaturated/α-hetero) is 1. The van der Waals surface area contributed by atoms with Crippen molar-refractivity contribution in [3.8, 4) is 11.5 Å². The molecule has 1 atom stereocenters. The van der Waals surface area contributed by atoms with Gasteiger partial charge in [0.25, 0.3) is 11.7 Å². The van der Waals surface area contributed by atoms with Gasteiger partial charge in [-0.05, 0) is 48.9 Å². The molecule has 0 saturated carbocycles. The Morgan fingerprint density at radius 3 is 2.47 bits per heavy atom. The zero-order chi connectivity index (χ0) is 21.8. The minimum atomic E-state index is -0.871. The van der Waals surface area contributed by atoms with Gasteiger partial charge in [-0.1, -0.05) is 17.7 Å². The van der Waals surface area contributed by atoms with Crippen LogP contribution < -0.4 is 4.74 Å². The van der Waals surface area contributed by atoms with Gasteiger partial charge in [-0.2, -0.15) is 0 Å². The average Bonchev–Trinajstić information content (AvgIpc) is 2.99. The first-order valence-corrected chi connectivity index (χ1v) is 9.75. The van der Waals surface area contributed by atoms with E-state index in [2.05, 4.69) is 0 Å². The summed E-state index contributed by atoms with van der Waals surface area (Å²) in [4.78, 5) is 26.9. The number of carbonyl (C=O) groups is 2. The third-order valence-corrected chi connectivity index (χ3v) is 5.11. The second-order valence-corrected chi connectivity index (χ2v) is 7.06. The Morgan fingerprint density at radius 2 is 1.87 bits per heavy atom. The quantitative estimate of drug-likeness (QED) is 0.395. The Labute approximate surface area is 179 Å². The van der Waals surface area contributed by atoms with Crippen LogP contribution >= 0.6 is 11.6 Å². The molecule has 2 aromatic carbocycles. The average molecular weight is 432 g/mol. The molecule has 1 amide bonds. The first kappa shape index (κ1) is 21.7. The number of aliphatic hydroxyl groups is 1.